The van der Waals surface area contributed by atoms with Crippen LogP contribution in [0.2, 0.25) is 0 Å². The molecule has 0 fully saturated rings. The molecule has 0 amide bonds. The van der Waals surface area contributed by atoms with E-state index < -0.39 is 0 Å². The highest BCUT2D eigenvalue weighted by molar-refractivity contribution is 5.32. The molecule has 3 heteroatoms. The molecule has 78 valence electrons. The smallest absolute Gasteiger partial charge is 0.123 e. The first-order valence-corrected chi connectivity index (χ1v) is 4.83. The fraction of sp³-hybridized carbons (Fsp3) is 0.455. The van der Waals surface area contributed by atoms with Gasteiger partial charge in [-0.25, -0.2) is 4.39 Å². The van der Waals surface area contributed by atoms with Gasteiger partial charge in [0.1, 0.15) is 18.2 Å². The van der Waals surface area contributed by atoms with Gasteiger partial charge in [0.2, 0.25) is 0 Å². The number of likely N-dealkylation sites (N-methyl/N-ethyl adjacent to an activating group) is 1. The summed E-state index contributed by atoms with van der Waals surface area (Å²) in [6.07, 6.45) is 0. The standard InChI is InChI=1S/C11H16FNO/c1-3-13-6-7-14-11-5-4-10(12)8-9(11)2/h4-5,8,13H,3,6-7H2,1-2H3. The summed E-state index contributed by atoms with van der Waals surface area (Å²) in [5, 5.41) is 3.15. The summed E-state index contributed by atoms with van der Waals surface area (Å²) in [4.78, 5) is 0. The molecule has 0 aliphatic heterocycles. The van der Waals surface area contributed by atoms with Crippen LogP contribution in [0.15, 0.2) is 18.2 Å². The third kappa shape index (κ3) is 3.34. The third-order valence-electron chi connectivity index (χ3n) is 1.92. The number of ether oxygens (including phenoxy) is 1. The molecule has 2 nitrogen and oxygen atoms in total. The Bertz CT molecular complexity index is 289. The van der Waals surface area contributed by atoms with Crippen LogP contribution in [0, 0.1) is 12.7 Å². The summed E-state index contributed by atoms with van der Waals surface area (Å²) in [5.74, 6) is 0.533. The van der Waals surface area contributed by atoms with Crippen molar-refractivity contribution in [3.8, 4) is 5.75 Å². The molecule has 0 spiro atoms. The maximum Gasteiger partial charge on any atom is 0.123 e. The van der Waals surface area contributed by atoms with Gasteiger partial charge < -0.3 is 10.1 Å². The molecule has 0 saturated carbocycles. The van der Waals surface area contributed by atoms with E-state index in [1.54, 1.807) is 6.07 Å². The lowest BCUT2D eigenvalue weighted by Crippen LogP contribution is -2.20. The summed E-state index contributed by atoms with van der Waals surface area (Å²) in [7, 11) is 0. The van der Waals surface area contributed by atoms with Crippen LogP contribution in [0.1, 0.15) is 12.5 Å². The lowest BCUT2D eigenvalue weighted by Gasteiger charge is -2.08. The van der Waals surface area contributed by atoms with Crippen LogP contribution in [0.4, 0.5) is 4.39 Å². The van der Waals surface area contributed by atoms with Crippen LogP contribution < -0.4 is 10.1 Å². The van der Waals surface area contributed by atoms with Crippen LogP contribution in [0.25, 0.3) is 0 Å². The molecular formula is C11H16FNO. The Morgan fingerprint density at radius 2 is 2.21 bits per heavy atom. The van der Waals surface area contributed by atoms with E-state index in [-0.39, 0.29) is 5.82 Å². The Balaban J connectivity index is 2.42. The quantitative estimate of drug-likeness (QED) is 0.730. The summed E-state index contributed by atoms with van der Waals surface area (Å²) in [5.41, 5.74) is 0.835. The maximum atomic E-state index is 12.7. The lowest BCUT2D eigenvalue weighted by atomic mass is 10.2. The largest absolute Gasteiger partial charge is 0.492 e. The molecule has 14 heavy (non-hydrogen) atoms. The molecule has 1 rings (SSSR count). The fourth-order valence-electron chi connectivity index (χ4n) is 1.18. The highest BCUT2D eigenvalue weighted by atomic mass is 19.1. The predicted octanol–water partition coefficient (Wildman–Crippen LogP) is 2.12. The summed E-state index contributed by atoms with van der Waals surface area (Å²) < 4.78 is 18.2. The van der Waals surface area contributed by atoms with Crippen molar-refractivity contribution < 1.29 is 9.13 Å². The highest BCUT2D eigenvalue weighted by Crippen LogP contribution is 2.17. The zero-order valence-electron chi connectivity index (χ0n) is 8.64. The first kappa shape index (κ1) is 11.0. The summed E-state index contributed by atoms with van der Waals surface area (Å²) in [6.45, 7) is 6.24. The van der Waals surface area contributed by atoms with Gasteiger partial charge in [0, 0.05) is 6.54 Å². The van der Waals surface area contributed by atoms with Crippen LogP contribution in [-0.4, -0.2) is 19.7 Å². The van der Waals surface area contributed by atoms with Crippen molar-refractivity contribution in [1.29, 1.82) is 0 Å². The van der Waals surface area contributed by atoms with E-state index >= 15 is 0 Å². The number of benzene rings is 1. The van der Waals surface area contributed by atoms with Crippen molar-refractivity contribution in [2.75, 3.05) is 19.7 Å². The van der Waals surface area contributed by atoms with Crippen molar-refractivity contribution in [1.82, 2.24) is 5.32 Å². The van der Waals surface area contributed by atoms with Gasteiger partial charge in [0.15, 0.2) is 0 Å². The zero-order valence-corrected chi connectivity index (χ0v) is 8.64. The average Bonchev–Trinajstić information content (AvgIpc) is 2.15. The maximum absolute atomic E-state index is 12.7. The second-order valence-electron chi connectivity index (χ2n) is 3.11. The Morgan fingerprint density at radius 3 is 2.86 bits per heavy atom. The first-order chi connectivity index (χ1) is 6.74. The number of rotatable bonds is 5. The minimum atomic E-state index is -0.221. The van der Waals surface area contributed by atoms with Crippen LogP contribution in [0.5, 0.6) is 5.75 Å². The molecule has 0 heterocycles. The van der Waals surface area contributed by atoms with E-state index in [0.717, 1.165) is 24.4 Å². The molecule has 0 aromatic heterocycles. The van der Waals surface area contributed by atoms with Crippen molar-refractivity contribution >= 4 is 0 Å². The molecule has 0 unspecified atom stereocenters. The second kappa shape index (κ2) is 5.60. The van der Waals surface area contributed by atoms with Crippen molar-refractivity contribution in [2.45, 2.75) is 13.8 Å². The van der Waals surface area contributed by atoms with E-state index in [0.29, 0.717) is 6.61 Å². The van der Waals surface area contributed by atoms with Crippen molar-refractivity contribution in [3.63, 3.8) is 0 Å². The molecule has 0 saturated heterocycles. The molecule has 0 aliphatic rings. The highest BCUT2D eigenvalue weighted by Gasteiger charge is 1.99. The molecule has 0 atom stereocenters. The van der Waals surface area contributed by atoms with E-state index in [2.05, 4.69) is 5.32 Å². The normalized spacial score (nSPS) is 10.2. The van der Waals surface area contributed by atoms with Gasteiger partial charge in [0.25, 0.3) is 0 Å². The van der Waals surface area contributed by atoms with Gasteiger partial charge in [-0.05, 0) is 37.2 Å². The minimum Gasteiger partial charge on any atom is -0.492 e. The Morgan fingerprint density at radius 1 is 1.43 bits per heavy atom. The van der Waals surface area contributed by atoms with E-state index in [4.69, 9.17) is 4.74 Å². The molecule has 1 N–H and O–H groups in total. The fourth-order valence-corrected chi connectivity index (χ4v) is 1.18. The molecule has 0 bridgehead atoms. The van der Waals surface area contributed by atoms with Gasteiger partial charge in [-0.3, -0.25) is 0 Å². The number of nitrogens with one attached hydrogen (secondary N) is 1. The third-order valence-corrected chi connectivity index (χ3v) is 1.92. The minimum absolute atomic E-state index is 0.221. The van der Waals surface area contributed by atoms with Gasteiger partial charge in [-0.2, -0.15) is 0 Å². The van der Waals surface area contributed by atoms with Crippen molar-refractivity contribution in [3.05, 3.63) is 29.6 Å². The summed E-state index contributed by atoms with van der Waals surface area (Å²) >= 11 is 0. The number of aryl methyl sites for hydroxylation is 1. The predicted molar refractivity (Wildman–Crippen MR) is 55.2 cm³/mol. The molecule has 0 aliphatic carbocycles. The summed E-state index contributed by atoms with van der Waals surface area (Å²) in [6, 6.07) is 4.55. The van der Waals surface area contributed by atoms with Crippen LogP contribution in [-0.2, 0) is 0 Å². The van der Waals surface area contributed by atoms with Gasteiger partial charge >= 0.3 is 0 Å². The van der Waals surface area contributed by atoms with Gasteiger partial charge in [-0.15, -0.1) is 0 Å². The monoisotopic (exact) mass is 197 g/mol. The number of hydrogen-bond acceptors (Lipinski definition) is 2. The number of halogens is 1. The van der Waals surface area contributed by atoms with Crippen molar-refractivity contribution in [2.24, 2.45) is 0 Å². The SMILES string of the molecule is CCNCCOc1ccc(F)cc1C. The number of hydrogen-bond donors (Lipinski definition) is 1. The molecule has 1 aromatic carbocycles. The van der Waals surface area contributed by atoms with Crippen LogP contribution in [0.3, 0.4) is 0 Å². The zero-order chi connectivity index (χ0) is 10.4. The van der Waals surface area contributed by atoms with Gasteiger partial charge in [-0.1, -0.05) is 6.92 Å². The first-order valence-electron chi connectivity index (χ1n) is 4.83. The van der Waals surface area contributed by atoms with Gasteiger partial charge in [0.05, 0.1) is 0 Å². The lowest BCUT2D eigenvalue weighted by molar-refractivity contribution is 0.313. The van der Waals surface area contributed by atoms with E-state index in [1.165, 1.54) is 12.1 Å². The molecular weight excluding hydrogens is 181 g/mol. The Labute approximate surface area is 84.1 Å². The molecule has 0 radical (unpaired) electrons. The Kier molecular flexibility index (Phi) is 4.40. The Hall–Kier alpha value is -1.09. The average molecular weight is 197 g/mol. The molecule has 1 aromatic rings. The van der Waals surface area contributed by atoms with E-state index in [9.17, 15) is 4.39 Å². The van der Waals surface area contributed by atoms with Crippen LogP contribution >= 0.6 is 0 Å². The second-order valence-corrected chi connectivity index (χ2v) is 3.11. The topological polar surface area (TPSA) is 21.3 Å². The van der Waals surface area contributed by atoms with E-state index in [1.807, 2.05) is 13.8 Å².